The van der Waals surface area contributed by atoms with Crippen molar-refractivity contribution in [3.8, 4) is 0 Å². The van der Waals surface area contributed by atoms with Gasteiger partial charge in [0.2, 0.25) is 21.8 Å². The average Bonchev–Trinajstić information content (AvgIpc) is 2.93. The predicted octanol–water partition coefficient (Wildman–Crippen LogP) is 5.75. The molecule has 1 N–H and O–H groups in total. The molecule has 2 atom stereocenters. The van der Waals surface area contributed by atoms with Gasteiger partial charge in [-0.2, -0.15) is 0 Å². The molecule has 0 bridgehead atoms. The Morgan fingerprint density at radius 3 is 2.29 bits per heavy atom. The number of aryl methyl sites for hydroxylation is 1. The maximum absolute atomic E-state index is 13.9. The van der Waals surface area contributed by atoms with E-state index in [9.17, 15) is 18.0 Å². The van der Waals surface area contributed by atoms with Crippen LogP contribution in [0, 0.1) is 6.92 Å². The lowest BCUT2D eigenvalue weighted by Gasteiger charge is -2.33. The van der Waals surface area contributed by atoms with Crippen molar-refractivity contribution < 1.29 is 18.0 Å². The van der Waals surface area contributed by atoms with Gasteiger partial charge in [-0.3, -0.25) is 13.9 Å². The third-order valence-corrected chi connectivity index (χ3v) is 8.55. The maximum Gasteiger partial charge on any atom is 0.243 e. The number of carbonyl (C=O) groups is 2. The first kappa shape index (κ1) is 32.2. The number of nitrogens with zero attached hydrogens (tertiary/aromatic N) is 2. The highest BCUT2D eigenvalue weighted by atomic mass is 35.5. The summed E-state index contributed by atoms with van der Waals surface area (Å²) in [5.74, 6) is -0.421. The maximum atomic E-state index is 13.9. The van der Waals surface area contributed by atoms with E-state index in [1.165, 1.54) is 4.31 Å². The second-order valence-electron chi connectivity index (χ2n) is 10.4. The Labute approximate surface area is 249 Å². The summed E-state index contributed by atoms with van der Waals surface area (Å²) < 4.78 is 26.5. The zero-order chi connectivity index (χ0) is 30.0. The quantitative estimate of drug-likeness (QED) is 0.256. The fourth-order valence-corrected chi connectivity index (χ4v) is 5.74. The Kier molecular flexibility index (Phi) is 11.8. The van der Waals surface area contributed by atoms with Crippen molar-refractivity contribution in [2.24, 2.45) is 0 Å². The summed E-state index contributed by atoms with van der Waals surface area (Å²) in [4.78, 5) is 29.2. The van der Waals surface area contributed by atoms with Gasteiger partial charge in [-0.25, -0.2) is 8.42 Å². The molecular weight excluding hydrogens is 558 g/mol. The highest BCUT2D eigenvalue weighted by molar-refractivity contribution is 7.92. The second kappa shape index (κ2) is 15.0. The topological polar surface area (TPSA) is 86.8 Å². The van der Waals surface area contributed by atoms with Crippen molar-refractivity contribution in [1.29, 1.82) is 0 Å². The number of carbonyl (C=O) groups excluding carboxylic acids is 2. The largest absolute Gasteiger partial charge is 0.352 e. The number of hydrogen-bond acceptors (Lipinski definition) is 4. The Balaban J connectivity index is 1.90. The van der Waals surface area contributed by atoms with Crippen molar-refractivity contribution in [2.75, 3.05) is 17.1 Å². The molecule has 0 saturated carbocycles. The standard InChI is InChI=1S/C32H40ClN3O4S/c1-5-25(3)34-32(38)30(21-26-14-7-6-8-15-26)35(23-27-16-10-9-13-24(27)2)31(37)19-12-20-36(41(4,39)40)29-18-11-17-28(33)22-29/h6-11,13-18,22,25,30H,5,12,19-21,23H2,1-4H3,(H,34,38)/t25-,30-/m0/s1. The third kappa shape index (κ3) is 9.61. The number of nitrogens with one attached hydrogen (secondary N) is 1. The van der Waals surface area contributed by atoms with Crippen LogP contribution in [0.3, 0.4) is 0 Å². The molecule has 0 aliphatic heterocycles. The molecular formula is C32H40ClN3O4S. The van der Waals surface area contributed by atoms with Gasteiger partial charge in [0.25, 0.3) is 0 Å². The van der Waals surface area contributed by atoms with Crippen molar-refractivity contribution in [3.63, 3.8) is 0 Å². The first-order valence-electron chi connectivity index (χ1n) is 13.9. The van der Waals surface area contributed by atoms with Crippen LogP contribution < -0.4 is 9.62 Å². The van der Waals surface area contributed by atoms with Crippen LogP contribution in [0.2, 0.25) is 5.02 Å². The monoisotopic (exact) mass is 597 g/mol. The molecule has 3 aromatic carbocycles. The van der Waals surface area contributed by atoms with Gasteiger partial charge in [0.15, 0.2) is 0 Å². The van der Waals surface area contributed by atoms with Gasteiger partial charge in [-0.05, 0) is 61.6 Å². The van der Waals surface area contributed by atoms with Crippen LogP contribution in [-0.4, -0.2) is 50.0 Å². The molecule has 2 amide bonds. The second-order valence-corrected chi connectivity index (χ2v) is 12.7. The molecule has 0 saturated heterocycles. The zero-order valence-corrected chi connectivity index (χ0v) is 25.8. The number of rotatable bonds is 14. The van der Waals surface area contributed by atoms with E-state index < -0.39 is 16.1 Å². The zero-order valence-electron chi connectivity index (χ0n) is 24.2. The Morgan fingerprint density at radius 1 is 0.976 bits per heavy atom. The highest BCUT2D eigenvalue weighted by Gasteiger charge is 2.31. The highest BCUT2D eigenvalue weighted by Crippen LogP contribution is 2.23. The van der Waals surface area contributed by atoms with E-state index in [2.05, 4.69) is 5.32 Å². The molecule has 7 nitrogen and oxygen atoms in total. The van der Waals surface area contributed by atoms with Gasteiger partial charge >= 0.3 is 0 Å². The third-order valence-electron chi connectivity index (χ3n) is 7.12. The van der Waals surface area contributed by atoms with E-state index >= 15 is 0 Å². The molecule has 0 unspecified atom stereocenters. The average molecular weight is 598 g/mol. The molecule has 3 aromatic rings. The van der Waals surface area contributed by atoms with Gasteiger partial charge in [-0.15, -0.1) is 0 Å². The summed E-state index contributed by atoms with van der Waals surface area (Å²) in [5.41, 5.74) is 3.37. The molecule has 0 aromatic heterocycles. The molecule has 41 heavy (non-hydrogen) atoms. The van der Waals surface area contributed by atoms with Crippen molar-refractivity contribution in [1.82, 2.24) is 10.2 Å². The predicted molar refractivity (Wildman–Crippen MR) is 166 cm³/mol. The molecule has 3 rings (SSSR count). The lowest BCUT2D eigenvalue weighted by molar-refractivity contribution is -0.141. The summed E-state index contributed by atoms with van der Waals surface area (Å²) in [6, 6.07) is 23.3. The van der Waals surface area contributed by atoms with Crippen LogP contribution in [0.15, 0.2) is 78.9 Å². The van der Waals surface area contributed by atoms with Gasteiger partial charge in [0.05, 0.1) is 11.9 Å². The normalized spacial score (nSPS) is 12.8. The van der Waals surface area contributed by atoms with Crippen molar-refractivity contribution in [3.05, 3.63) is 101 Å². The van der Waals surface area contributed by atoms with E-state index in [1.807, 2.05) is 75.4 Å². The van der Waals surface area contributed by atoms with Gasteiger partial charge < -0.3 is 10.2 Å². The summed E-state index contributed by atoms with van der Waals surface area (Å²) >= 11 is 6.11. The van der Waals surface area contributed by atoms with E-state index in [-0.39, 0.29) is 43.8 Å². The van der Waals surface area contributed by atoms with Crippen molar-refractivity contribution in [2.45, 2.75) is 65.1 Å². The summed E-state index contributed by atoms with van der Waals surface area (Å²) in [6.45, 7) is 6.30. The lowest BCUT2D eigenvalue weighted by Crippen LogP contribution is -2.52. The van der Waals surface area contributed by atoms with Crippen LogP contribution >= 0.6 is 11.6 Å². The number of sulfonamides is 1. The summed E-state index contributed by atoms with van der Waals surface area (Å²) in [5, 5.41) is 3.50. The number of benzene rings is 3. The SMILES string of the molecule is CC[C@H](C)NC(=O)[C@H](Cc1ccccc1)N(Cc1ccccc1C)C(=O)CCCN(c1cccc(Cl)c1)S(C)(=O)=O. The summed E-state index contributed by atoms with van der Waals surface area (Å²) in [6.07, 6.45) is 2.60. The van der Waals surface area contributed by atoms with Gasteiger partial charge in [0, 0.05) is 37.0 Å². The molecule has 0 spiro atoms. The van der Waals surface area contributed by atoms with Crippen LogP contribution in [0.1, 0.15) is 49.8 Å². The minimum atomic E-state index is -3.61. The van der Waals surface area contributed by atoms with E-state index in [0.717, 1.165) is 29.4 Å². The smallest absolute Gasteiger partial charge is 0.243 e. The number of amides is 2. The molecule has 0 heterocycles. The fraction of sp³-hybridized carbons (Fsp3) is 0.375. The number of halogens is 1. The van der Waals surface area contributed by atoms with Crippen molar-refractivity contribution >= 4 is 39.1 Å². The molecule has 0 radical (unpaired) electrons. The molecule has 0 aliphatic carbocycles. The molecule has 0 aliphatic rings. The van der Waals surface area contributed by atoms with Crippen LogP contribution in [0.5, 0.6) is 0 Å². The Bertz CT molecular complexity index is 1420. The Morgan fingerprint density at radius 2 is 1.66 bits per heavy atom. The van der Waals surface area contributed by atoms with Crippen LogP contribution in [0.4, 0.5) is 5.69 Å². The molecule has 220 valence electrons. The fourth-order valence-electron chi connectivity index (χ4n) is 4.60. The lowest BCUT2D eigenvalue weighted by atomic mass is 10.0. The molecule has 0 fully saturated rings. The first-order valence-corrected chi connectivity index (χ1v) is 16.1. The molecule has 9 heteroatoms. The van der Waals surface area contributed by atoms with E-state index in [1.54, 1.807) is 29.2 Å². The number of hydrogen-bond donors (Lipinski definition) is 1. The van der Waals surface area contributed by atoms with E-state index in [4.69, 9.17) is 11.6 Å². The van der Waals surface area contributed by atoms with Gasteiger partial charge in [0.1, 0.15) is 6.04 Å². The minimum absolute atomic E-state index is 0.0443. The Hall–Kier alpha value is -3.36. The summed E-state index contributed by atoms with van der Waals surface area (Å²) in [7, 11) is -3.61. The minimum Gasteiger partial charge on any atom is -0.352 e. The van der Waals surface area contributed by atoms with Gasteiger partial charge in [-0.1, -0.05) is 79.2 Å². The van der Waals surface area contributed by atoms with Crippen LogP contribution in [-0.2, 0) is 32.6 Å². The number of anilines is 1. The van der Waals surface area contributed by atoms with E-state index in [0.29, 0.717) is 17.1 Å². The van der Waals surface area contributed by atoms with Crippen LogP contribution in [0.25, 0.3) is 0 Å². The first-order chi connectivity index (χ1) is 19.5.